The second-order valence-electron chi connectivity index (χ2n) is 5.60. The van der Waals surface area contributed by atoms with Crippen molar-refractivity contribution in [3.8, 4) is 11.3 Å². The summed E-state index contributed by atoms with van der Waals surface area (Å²) in [5.74, 6) is 1.18. The lowest BCUT2D eigenvalue weighted by Gasteiger charge is -2.07. The number of rotatable bonds is 2. The molecular weight excluding hydrogens is 266 g/mol. The van der Waals surface area contributed by atoms with Gasteiger partial charge in [0.1, 0.15) is 11.5 Å². The van der Waals surface area contributed by atoms with Crippen LogP contribution in [0.3, 0.4) is 0 Å². The lowest BCUT2D eigenvalue weighted by atomic mass is 10.0. The van der Waals surface area contributed by atoms with E-state index in [0.717, 1.165) is 22.0 Å². The van der Waals surface area contributed by atoms with Crippen LogP contribution in [-0.4, -0.2) is 9.38 Å². The van der Waals surface area contributed by atoms with Gasteiger partial charge in [-0.2, -0.15) is 0 Å². The molecule has 0 fully saturated rings. The summed E-state index contributed by atoms with van der Waals surface area (Å²) in [6.45, 7) is 8.57. The fourth-order valence-electron chi connectivity index (χ4n) is 2.58. The molecule has 0 unspecified atom stereocenters. The van der Waals surface area contributed by atoms with Gasteiger partial charge in [-0.1, -0.05) is 37.6 Å². The number of benzene rings is 1. The van der Waals surface area contributed by atoms with Crippen molar-refractivity contribution in [3.05, 3.63) is 40.4 Å². The summed E-state index contributed by atoms with van der Waals surface area (Å²) in [4.78, 5) is 5.71. The van der Waals surface area contributed by atoms with Crippen molar-refractivity contribution in [1.29, 1.82) is 0 Å². The summed E-state index contributed by atoms with van der Waals surface area (Å²) in [6, 6.07) is 6.40. The molecule has 0 spiro atoms. The zero-order chi connectivity index (χ0) is 14.4. The van der Waals surface area contributed by atoms with Gasteiger partial charge in [-0.3, -0.25) is 4.40 Å². The molecule has 3 nitrogen and oxygen atoms in total. The van der Waals surface area contributed by atoms with E-state index in [0.29, 0.717) is 5.92 Å². The monoisotopic (exact) mass is 285 g/mol. The summed E-state index contributed by atoms with van der Waals surface area (Å²) in [6.07, 6.45) is 0. The molecule has 2 N–H and O–H groups in total. The summed E-state index contributed by atoms with van der Waals surface area (Å²) in [7, 11) is 0. The number of anilines is 1. The fraction of sp³-hybridized carbons (Fsp3) is 0.312. The first kappa shape index (κ1) is 13.2. The fourth-order valence-corrected chi connectivity index (χ4v) is 3.63. The van der Waals surface area contributed by atoms with E-state index >= 15 is 0 Å². The Kier molecular flexibility index (Phi) is 3.05. The highest BCUT2D eigenvalue weighted by molar-refractivity contribution is 7.15. The molecule has 0 aliphatic carbocycles. The third-order valence-electron chi connectivity index (χ3n) is 3.65. The highest BCUT2D eigenvalue weighted by Gasteiger charge is 2.18. The van der Waals surface area contributed by atoms with Crippen LogP contribution in [0.4, 0.5) is 5.82 Å². The number of fused-ring (bicyclic) bond motifs is 1. The zero-order valence-corrected chi connectivity index (χ0v) is 13.1. The van der Waals surface area contributed by atoms with E-state index < -0.39 is 0 Å². The van der Waals surface area contributed by atoms with Gasteiger partial charge in [-0.15, -0.1) is 11.3 Å². The van der Waals surface area contributed by atoms with Crippen LogP contribution >= 0.6 is 11.3 Å². The minimum atomic E-state index is 0.437. The number of hydrogen-bond donors (Lipinski definition) is 1. The topological polar surface area (TPSA) is 43.3 Å². The molecule has 2 aromatic heterocycles. The molecule has 0 aliphatic rings. The van der Waals surface area contributed by atoms with E-state index in [2.05, 4.69) is 55.7 Å². The number of imidazole rings is 1. The van der Waals surface area contributed by atoms with Crippen molar-refractivity contribution >= 4 is 22.1 Å². The molecule has 0 saturated carbocycles. The van der Waals surface area contributed by atoms with Gasteiger partial charge in [0, 0.05) is 16.6 Å². The van der Waals surface area contributed by atoms with Crippen molar-refractivity contribution < 1.29 is 0 Å². The molecule has 0 aliphatic heterocycles. The highest BCUT2D eigenvalue weighted by Crippen LogP contribution is 2.34. The molecule has 0 amide bonds. The number of thiazole rings is 1. The van der Waals surface area contributed by atoms with Crippen LogP contribution in [0.1, 0.15) is 36.6 Å². The van der Waals surface area contributed by atoms with Crippen LogP contribution in [-0.2, 0) is 0 Å². The third-order valence-corrected chi connectivity index (χ3v) is 4.50. The van der Waals surface area contributed by atoms with Gasteiger partial charge in [0.05, 0.1) is 0 Å². The molecule has 2 heterocycles. The largest absolute Gasteiger partial charge is 0.383 e. The van der Waals surface area contributed by atoms with Gasteiger partial charge >= 0.3 is 0 Å². The molecule has 0 radical (unpaired) electrons. The molecule has 104 valence electrons. The second kappa shape index (κ2) is 4.63. The van der Waals surface area contributed by atoms with Gasteiger partial charge < -0.3 is 5.73 Å². The summed E-state index contributed by atoms with van der Waals surface area (Å²) >= 11 is 1.65. The second-order valence-corrected chi connectivity index (χ2v) is 6.43. The Hall–Kier alpha value is -1.81. The van der Waals surface area contributed by atoms with Crippen LogP contribution < -0.4 is 5.73 Å². The summed E-state index contributed by atoms with van der Waals surface area (Å²) in [5, 5.41) is 2.15. The van der Waals surface area contributed by atoms with Crippen molar-refractivity contribution in [2.45, 2.75) is 33.6 Å². The number of nitrogens with two attached hydrogens (primary N) is 1. The molecule has 3 aromatic rings. The number of nitrogens with zero attached hydrogens (tertiary/aromatic N) is 2. The van der Waals surface area contributed by atoms with Crippen LogP contribution in [0, 0.1) is 13.8 Å². The lowest BCUT2D eigenvalue weighted by molar-refractivity contribution is 0.814. The predicted octanol–water partition coefficient (Wildman–Crippen LogP) is 4.39. The van der Waals surface area contributed by atoms with E-state index in [4.69, 9.17) is 10.7 Å². The Morgan fingerprint density at radius 1 is 1.25 bits per heavy atom. The summed E-state index contributed by atoms with van der Waals surface area (Å²) in [5.41, 5.74) is 12.1. The third kappa shape index (κ3) is 1.91. The molecule has 3 rings (SSSR count). The van der Waals surface area contributed by atoms with Crippen molar-refractivity contribution in [1.82, 2.24) is 9.38 Å². The van der Waals surface area contributed by atoms with E-state index in [-0.39, 0.29) is 0 Å². The Balaban J connectivity index is 2.25. The van der Waals surface area contributed by atoms with E-state index in [1.807, 2.05) is 0 Å². The molecule has 0 saturated heterocycles. The van der Waals surface area contributed by atoms with E-state index in [1.165, 1.54) is 16.8 Å². The van der Waals surface area contributed by atoms with Crippen LogP contribution in [0.25, 0.3) is 16.2 Å². The van der Waals surface area contributed by atoms with Crippen molar-refractivity contribution in [2.24, 2.45) is 0 Å². The maximum atomic E-state index is 6.37. The molecule has 0 bridgehead atoms. The van der Waals surface area contributed by atoms with Gasteiger partial charge in [0.25, 0.3) is 0 Å². The molecule has 4 heteroatoms. The minimum absolute atomic E-state index is 0.437. The zero-order valence-electron chi connectivity index (χ0n) is 12.3. The van der Waals surface area contributed by atoms with E-state index in [9.17, 15) is 0 Å². The average molecular weight is 285 g/mol. The normalized spacial score (nSPS) is 11.7. The number of aromatic nitrogens is 2. The average Bonchev–Trinajstić information content (AvgIpc) is 2.91. The smallest absolute Gasteiger partial charge is 0.196 e. The summed E-state index contributed by atoms with van der Waals surface area (Å²) < 4.78 is 2.09. The van der Waals surface area contributed by atoms with E-state index in [1.54, 1.807) is 11.3 Å². The number of aryl methyl sites for hydroxylation is 2. The number of hydrogen-bond acceptors (Lipinski definition) is 3. The van der Waals surface area contributed by atoms with Gasteiger partial charge in [0.15, 0.2) is 4.96 Å². The quantitative estimate of drug-likeness (QED) is 0.759. The lowest BCUT2D eigenvalue weighted by Crippen LogP contribution is -1.99. The first-order chi connectivity index (χ1) is 9.49. The Bertz CT molecular complexity index is 780. The Morgan fingerprint density at radius 3 is 2.65 bits per heavy atom. The van der Waals surface area contributed by atoms with Crippen LogP contribution in [0.15, 0.2) is 23.6 Å². The van der Waals surface area contributed by atoms with Gasteiger partial charge in [-0.25, -0.2) is 4.98 Å². The standard InChI is InChI=1S/C16H19N3S/c1-9(2)13-8-20-16-18-14(15(17)19(13)16)12-6-5-10(3)7-11(12)4/h5-9H,17H2,1-4H3. The van der Waals surface area contributed by atoms with Crippen LogP contribution in [0.5, 0.6) is 0 Å². The molecule has 0 atom stereocenters. The van der Waals surface area contributed by atoms with Crippen LogP contribution in [0.2, 0.25) is 0 Å². The first-order valence-corrected chi connectivity index (χ1v) is 7.70. The minimum Gasteiger partial charge on any atom is -0.383 e. The number of nitrogen functional groups attached to an aromatic ring is 1. The predicted molar refractivity (Wildman–Crippen MR) is 86.5 cm³/mol. The maximum Gasteiger partial charge on any atom is 0.196 e. The Labute approximate surface area is 123 Å². The Morgan fingerprint density at radius 2 is 2.00 bits per heavy atom. The van der Waals surface area contributed by atoms with Crippen molar-refractivity contribution in [2.75, 3.05) is 5.73 Å². The van der Waals surface area contributed by atoms with Gasteiger partial charge in [-0.05, 0) is 25.3 Å². The van der Waals surface area contributed by atoms with Crippen molar-refractivity contribution in [3.63, 3.8) is 0 Å². The first-order valence-electron chi connectivity index (χ1n) is 6.82. The van der Waals surface area contributed by atoms with Gasteiger partial charge in [0.2, 0.25) is 0 Å². The SMILES string of the molecule is Cc1ccc(-c2nc3scc(C(C)C)n3c2N)c(C)c1. The molecule has 20 heavy (non-hydrogen) atoms. The molecule has 1 aromatic carbocycles. The molecular formula is C16H19N3S. The highest BCUT2D eigenvalue weighted by atomic mass is 32.1. The maximum absolute atomic E-state index is 6.37.